The highest BCUT2D eigenvalue weighted by Crippen LogP contribution is 2.18. The van der Waals surface area contributed by atoms with E-state index < -0.39 is 23.5 Å². The van der Waals surface area contributed by atoms with Crippen molar-refractivity contribution in [3.63, 3.8) is 0 Å². The molecule has 0 saturated heterocycles. The molecule has 106 valence electrons. The molecule has 3 N–H and O–H groups in total. The summed E-state index contributed by atoms with van der Waals surface area (Å²) in [5.41, 5.74) is 0.284. The van der Waals surface area contributed by atoms with Gasteiger partial charge in [0.1, 0.15) is 5.82 Å². The van der Waals surface area contributed by atoms with E-state index in [9.17, 15) is 18.8 Å². The number of anilines is 1. The minimum atomic E-state index is -0.855. The topological polar surface area (TPSA) is 87.3 Å². The number of carbonyl (C=O) groups is 3. The highest BCUT2D eigenvalue weighted by Gasteiger charge is 2.26. The van der Waals surface area contributed by atoms with Crippen molar-refractivity contribution in [3.05, 3.63) is 30.1 Å². The molecule has 2 rings (SSSR count). The smallest absolute Gasteiger partial charge is 0.309 e. The van der Waals surface area contributed by atoms with Crippen molar-refractivity contribution in [3.8, 4) is 0 Å². The van der Waals surface area contributed by atoms with E-state index in [-0.39, 0.29) is 18.3 Å². The van der Waals surface area contributed by atoms with Crippen molar-refractivity contribution in [2.24, 2.45) is 0 Å². The molecule has 1 fully saturated rings. The minimum Gasteiger partial charge on any atom is -0.345 e. The molecule has 0 spiro atoms. The SMILES string of the molecule is O=C(CNC(=O)C(=O)NC1CC1)Nc1cccc(F)c1. The van der Waals surface area contributed by atoms with Gasteiger partial charge in [0.05, 0.1) is 6.54 Å². The lowest BCUT2D eigenvalue weighted by Gasteiger charge is -2.07. The van der Waals surface area contributed by atoms with Crippen molar-refractivity contribution in [1.29, 1.82) is 0 Å². The van der Waals surface area contributed by atoms with Gasteiger partial charge in [-0.2, -0.15) is 0 Å². The van der Waals surface area contributed by atoms with Crippen LogP contribution >= 0.6 is 0 Å². The Balaban J connectivity index is 1.74. The van der Waals surface area contributed by atoms with E-state index in [4.69, 9.17) is 0 Å². The Bertz CT molecular complexity index is 543. The van der Waals surface area contributed by atoms with Gasteiger partial charge >= 0.3 is 11.8 Å². The fourth-order valence-electron chi connectivity index (χ4n) is 1.49. The van der Waals surface area contributed by atoms with Gasteiger partial charge in [0.25, 0.3) is 0 Å². The van der Waals surface area contributed by atoms with Crippen LogP contribution in [0.1, 0.15) is 12.8 Å². The maximum absolute atomic E-state index is 12.9. The third kappa shape index (κ3) is 4.34. The molecule has 20 heavy (non-hydrogen) atoms. The monoisotopic (exact) mass is 279 g/mol. The standard InChI is InChI=1S/C13H14FN3O3/c14-8-2-1-3-10(6-8)16-11(18)7-15-12(19)13(20)17-9-4-5-9/h1-3,6,9H,4-5,7H2,(H,15,19)(H,16,18)(H,17,20). The molecule has 0 heterocycles. The molecule has 6 nitrogen and oxygen atoms in total. The van der Waals surface area contributed by atoms with Crippen molar-refractivity contribution < 1.29 is 18.8 Å². The first-order chi connectivity index (χ1) is 9.54. The van der Waals surface area contributed by atoms with Crippen molar-refractivity contribution in [2.75, 3.05) is 11.9 Å². The summed E-state index contributed by atoms with van der Waals surface area (Å²) >= 11 is 0. The summed E-state index contributed by atoms with van der Waals surface area (Å²) in [5.74, 6) is -2.61. The van der Waals surface area contributed by atoms with Crippen molar-refractivity contribution in [1.82, 2.24) is 10.6 Å². The summed E-state index contributed by atoms with van der Waals surface area (Å²) in [7, 11) is 0. The minimum absolute atomic E-state index is 0.0781. The fourth-order valence-corrected chi connectivity index (χ4v) is 1.49. The Morgan fingerprint density at radius 3 is 2.60 bits per heavy atom. The molecule has 1 aliphatic carbocycles. The lowest BCUT2D eigenvalue weighted by Crippen LogP contribution is -2.43. The van der Waals surface area contributed by atoms with Crippen LogP contribution in [-0.2, 0) is 14.4 Å². The molecule has 0 bridgehead atoms. The molecule has 1 saturated carbocycles. The zero-order chi connectivity index (χ0) is 14.5. The number of amides is 3. The third-order valence-corrected chi connectivity index (χ3v) is 2.64. The number of hydrogen-bond donors (Lipinski definition) is 3. The molecule has 7 heteroatoms. The number of halogens is 1. The van der Waals surface area contributed by atoms with Crippen LogP contribution < -0.4 is 16.0 Å². The predicted molar refractivity (Wildman–Crippen MR) is 69.2 cm³/mol. The van der Waals surface area contributed by atoms with Gasteiger partial charge in [-0.3, -0.25) is 14.4 Å². The predicted octanol–water partition coefficient (Wildman–Crippen LogP) is 0.159. The fraction of sp³-hybridized carbons (Fsp3) is 0.308. The van der Waals surface area contributed by atoms with E-state index >= 15 is 0 Å². The molecular weight excluding hydrogens is 265 g/mol. The van der Waals surface area contributed by atoms with E-state index in [1.165, 1.54) is 18.2 Å². The second-order valence-corrected chi connectivity index (χ2v) is 4.49. The number of rotatable bonds is 4. The first-order valence-corrected chi connectivity index (χ1v) is 6.19. The molecule has 1 aromatic carbocycles. The van der Waals surface area contributed by atoms with Crippen LogP contribution in [0.4, 0.5) is 10.1 Å². The Kier molecular flexibility index (Phi) is 4.29. The summed E-state index contributed by atoms with van der Waals surface area (Å²) in [5, 5.41) is 7.10. The van der Waals surface area contributed by atoms with E-state index in [1.54, 1.807) is 0 Å². The van der Waals surface area contributed by atoms with Gasteiger partial charge in [0, 0.05) is 11.7 Å². The van der Waals surface area contributed by atoms with Gasteiger partial charge in [0.2, 0.25) is 5.91 Å². The first kappa shape index (κ1) is 14.0. The molecule has 0 atom stereocenters. The summed E-state index contributed by atoms with van der Waals surface area (Å²) in [4.78, 5) is 34.2. The van der Waals surface area contributed by atoms with E-state index in [1.807, 2.05) is 0 Å². The summed E-state index contributed by atoms with van der Waals surface area (Å²) in [6, 6.07) is 5.45. The van der Waals surface area contributed by atoms with Gasteiger partial charge in [-0.15, -0.1) is 0 Å². The van der Waals surface area contributed by atoms with Crippen LogP contribution in [0.25, 0.3) is 0 Å². The summed E-state index contributed by atoms with van der Waals surface area (Å²) < 4.78 is 12.9. The van der Waals surface area contributed by atoms with Crippen molar-refractivity contribution >= 4 is 23.4 Å². The average molecular weight is 279 g/mol. The molecule has 1 aromatic rings. The van der Waals surface area contributed by atoms with Gasteiger partial charge in [0.15, 0.2) is 0 Å². The van der Waals surface area contributed by atoms with Gasteiger partial charge in [-0.1, -0.05) is 6.07 Å². The largest absolute Gasteiger partial charge is 0.345 e. The Hall–Kier alpha value is -2.44. The Morgan fingerprint density at radius 2 is 1.95 bits per heavy atom. The van der Waals surface area contributed by atoms with Crippen LogP contribution in [0.2, 0.25) is 0 Å². The average Bonchev–Trinajstić information content (AvgIpc) is 3.19. The highest BCUT2D eigenvalue weighted by molar-refractivity contribution is 6.35. The second-order valence-electron chi connectivity index (χ2n) is 4.49. The van der Waals surface area contributed by atoms with Crippen LogP contribution in [0.5, 0.6) is 0 Å². The molecular formula is C13H14FN3O3. The van der Waals surface area contributed by atoms with Crippen molar-refractivity contribution in [2.45, 2.75) is 18.9 Å². The van der Waals surface area contributed by atoms with Crippen LogP contribution in [-0.4, -0.2) is 30.3 Å². The highest BCUT2D eigenvalue weighted by atomic mass is 19.1. The zero-order valence-electron chi connectivity index (χ0n) is 10.6. The van der Waals surface area contributed by atoms with E-state index in [0.717, 1.165) is 18.9 Å². The quantitative estimate of drug-likeness (QED) is 0.686. The molecule has 0 radical (unpaired) electrons. The maximum Gasteiger partial charge on any atom is 0.309 e. The zero-order valence-corrected chi connectivity index (χ0v) is 10.6. The lowest BCUT2D eigenvalue weighted by atomic mass is 10.3. The van der Waals surface area contributed by atoms with Gasteiger partial charge in [-0.25, -0.2) is 4.39 Å². The first-order valence-electron chi connectivity index (χ1n) is 6.19. The molecule has 0 aliphatic heterocycles. The molecule has 0 aromatic heterocycles. The Labute approximate surface area is 114 Å². The normalized spacial score (nSPS) is 13.4. The maximum atomic E-state index is 12.9. The van der Waals surface area contributed by atoms with E-state index in [2.05, 4.69) is 16.0 Å². The molecule has 1 aliphatic rings. The molecule has 0 unspecified atom stereocenters. The van der Waals surface area contributed by atoms with Crippen LogP contribution in [0.15, 0.2) is 24.3 Å². The lowest BCUT2D eigenvalue weighted by molar-refractivity contribution is -0.139. The third-order valence-electron chi connectivity index (χ3n) is 2.64. The van der Waals surface area contributed by atoms with Gasteiger partial charge < -0.3 is 16.0 Å². The number of nitrogens with one attached hydrogen (secondary N) is 3. The summed E-state index contributed by atoms with van der Waals surface area (Å²) in [6.45, 7) is -0.354. The molecule has 3 amide bonds. The number of hydrogen-bond acceptors (Lipinski definition) is 3. The number of benzene rings is 1. The van der Waals surface area contributed by atoms with E-state index in [0.29, 0.717) is 0 Å². The van der Waals surface area contributed by atoms with Crippen LogP contribution in [0, 0.1) is 5.82 Å². The number of carbonyl (C=O) groups excluding carboxylic acids is 3. The Morgan fingerprint density at radius 1 is 1.20 bits per heavy atom. The summed E-state index contributed by atoms with van der Waals surface area (Å²) in [6.07, 6.45) is 1.75. The van der Waals surface area contributed by atoms with Gasteiger partial charge in [-0.05, 0) is 31.0 Å². The second kappa shape index (κ2) is 6.14. The van der Waals surface area contributed by atoms with Crippen LogP contribution in [0.3, 0.4) is 0 Å².